The first-order valence-electron chi connectivity index (χ1n) is 9.91. The molecule has 2 aliphatic rings. The fourth-order valence-electron chi connectivity index (χ4n) is 5.25. The highest BCUT2D eigenvalue weighted by molar-refractivity contribution is 5.86. The standard InChI is InChI=1S/C23H27N3/c1-26(2)17-11-9-16(10-12-17)19-15-24-23(13-5-6-14-23)22-21(19)18-7-3-4-8-20(18)25-22/h3-4,7-12,19,24-25H,5-6,13-15H2,1-2H3/p+1/t19-/m1/s1. The third kappa shape index (κ3) is 2.30. The molecule has 1 aliphatic carbocycles. The second-order valence-corrected chi connectivity index (χ2v) is 8.30. The van der Waals surface area contributed by atoms with Gasteiger partial charge in [0.05, 0.1) is 18.2 Å². The van der Waals surface area contributed by atoms with E-state index in [1.807, 2.05) is 0 Å². The number of aromatic nitrogens is 1. The molecule has 0 unspecified atom stereocenters. The van der Waals surface area contributed by atoms with Crippen LogP contribution in [0.1, 0.15) is 48.4 Å². The molecule has 3 heteroatoms. The molecular formula is C23H28N3+. The summed E-state index contributed by atoms with van der Waals surface area (Å²) in [4.78, 5) is 6.01. The van der Waals surface area contributed by atoms with Crippen molar-refractivity contribution in [2.45, 2.75) is 37.1 Å². The van der Waals surface area contributed by atoms with E-state index >= 15 is 0 Å². The molecular weight excluding hydrogens is 318 g/mol. The van der Waals surface area contributed by atoms with E-state index in [0.29, 0.717) is 5.92 Å². The monoisotopic (exact) mass is 346 g/mol. The Morgan fingerprint density at radius 1 is 1.00 bits per heavy atom. The third-order valence-corrected chi connectivity index (χ3v) is 6.64. The first-order valence-corrected chi connectivity index (χ1v) is 9.91. The van der Waals surface area contributed by atoms with Crippen LogP contribution >= 0.6 is 0 Å². The number of H-pyrrole nitrogens is 1. The normalized spacial score (nSPS) is 21.2. The van der Waals surface area contributed by atoms with Gasteiger partial charge in [-0.2, -0.15) is 0 Å². The van der Waals surface area contributed by atoms with E-state index in [9.17, 15) is 0 Å². The molecule has 1 saturated carbocycles. The molecule has 3 N–H and O–H groups in total. The largest absolute Gasteiger partial charge is 0.378 e. The molecule has 3 nitrogen and oxygen atoms in total. The minimum atomic E-state index is 0.286. The van der Waals surface area contributed by atoms with E-state index in [1.165, 1.54) is 53.5 Å². The highest BCUT2D eigenvalue weighted by Crippen LogP contribution is 2.45. The Labute approximate surface area is 155 Å². The molecule has 1 fully saturated rings. The number of nitrogens with one attached hydrogen (secondary N) is 1. The zero-order valence-electron chi connectivity index (χ0n) is 15.8. The predicted octanol–water partition coefficient (Wildman–Crippen LogP) is 3.71. The lowest BCUT2D eigenvalue weighted by Crippen LogP contribution is -2.96. The van der Waals surface area contributed by atoms with E-state index in [2.05, 4.69) is 77.8 Å². The van der Waals surface area contributed by atoms with Crippen LogP contribution in [0, 0.1) is 0 Å². The number of para-hydroxylation sites is 1. The SMILES string of the molecule is CN(C)c1ccc([C@H]2C[NH2+]C3(CCCC3)c3[nH]c4ccccc4c32)cc1. The van der Waals surface area contributed by atoms with Gasteiger partial charge in [-0.1, -0.05) is 30.3 Å². The van der Waals surface area contributed by atoms with Crippen LogP contribution in [0.25, 0.3) is 10.9 Å². The van der Waals surface area contributed by atoms with Crippen molar-refractivity contribution in [3.05, 3.63) is 65.4 Å². The van der Waals surface area contributed by atoms with E-state index < -0.39 is 0 Å². The van der Waals surface area contributed by atoms with Gasteiger partial charge in [0.1, 0.15) is 5.54 Å². The Balaban J connectivity index is 1.67. The summed E-state index contributed by atoms with van der Waals surface area (Å²) in [5, 5.41) is 4.06. The molecule has 1 atom stereocenters. The van der Waals surface area contributed by atoms with Gasteiger partial charge in [0, 0.05) is 49.1 Å². The molecule has 2 aromatic carbocycles. The summed E-state index contributed by atoms with van der Waals surface area (Å²) in [6.45, 7) is 1.15. The summed E-state index contributed by atoms with van der Waals surface area (Å²) < 4.78 is 0. The Hall–Kier alpha value is -2.26. The van der Waals surface area contributed by atoms with Crippen molar-refractivity contribution < 1.29 is 5.32 Å². The molecule has 1 aliphatic heterocycles. The van der Waals surface area contributed by atoms with Gasteiger partial charge in [0.25, 0.3) is 0 Å². The minimum Gasteiger partial charge on any atom is -0.378 e. The van der Waals surface area contributed by atoms with Gasteiger partial charge < -0.3 is 15.2 Å². The smallest absolute Gasteiger partial charge is 0.137 e. The third-order valence-electron chi connectivity index (χ3n) is 6.64. The number of fused-ring (bicyclic) bond motifs is 4. The second-order valence-electron chi connectivity index (χ2n) is 8.30. The number of anilines is 1. The average molecular weight is 346 g/mol. The zero-order valence-corrected chi connectivity index (χ0v) is 15.8. The van der Waals surface area contributed by atoms with Crippen molar-refractivity contribution in [2.75, 3.05) is 25.5 Å². The molecule has 3 aromatic rings. The summed E-state index contributed by atoms with van der Waals surface area (Å²) in [6.07, 6.45) is 5.32. The molecule has 2 heterocycles. The van der Waals surface area contributed by atoms with Crippen LogP contribution < -0.4 is 10.2 Å². The van der Waals surface area contributed by atoms with Crippen molar-refractivity contribution in [3.8, 4) is 0 Å². The lowest BCUT2D eigenvalue weighted by atomic mass is 9.78. The van der Waals surface area contributed by atoms with Gasteiger partial charge in [-0.3, -0.25) is 0 Å². The highest BCUT2D eigenvalue weighted by atomic mass is 15.1. The van der Waals surface area contributed by atoms with Crippen LogP contribution in [-0.4, -0.2) is 25.6 Å². The number of hydrogen-bond acceptors (Lipinski definition) is 1. The lowest BCUT2D eigenvalue weighted by Gasteiger charge is -2.35. The Kier molecular flexibility index (Phi) is 3.61. The summed E-state index contributed by atoms with van der Waals surface area (Å²) in [6, 6.07) is 18.0. The second kappa shape index (κ2) is 5.88. The van der Waals surface area contributed by atoms with Crippen LogP contribution in [0.2, 0.25) is 0 Å². The Bertz CT molecular complexity index is 930. The van der Waals surface area contributed by atoms with Gasteiger partial charge >= 0.3 is 0 Å². The Morgan fingerprint density at radius 2 is 1.73 bits per heavy atom. The summed E-state index contributed by atoms with van der Waals surface area (Å²) in [5.74, 6) is 0.462. The van der Waals surface area contributed by atoms with Crippen molar-refractivity contribution in [2.24, 2.45) is 0 Å². The number of aromatic amines is 1. The van der Waals surface area contributed by atoms with Crippen LogP contribution in [0.4, 0.5) is 5.69 Å². The van der Waals surface area contributed by atoms with Crippen LogP contribution in [0.15, 0.2) is 48.5 Å². The average Bonchev–Trinajstić information content (AvgIpc) is 3.29. The van der Waals surface area contributed by atoms with E-state index in [1.54, 1.807) is 5.56 Å². The van der Waals surface area contributed by atoms with Gasteiger partial charge in [-0.05, 0) is 36.6 Å². The van der Waals surface area contributed by atoms with Crippen molar-refractivity contribution in [3.63, 3.8) is 0 Å². The number of benzene rings is 2. The molecule has 134 valence electrons. The maximum Gasteiger partial charge on any atom is 0.137 e. The fourth-order valence-corrected chi connectivity index (χ4v) is 5.25. The van der Waals surface area contributed by atoms with Crippen LogP contribution in [0.3, 0.4) is 0 Å². The summed E-state index contributed by atoms with van der Waals surface area (Å²) >= 11 is 0. The van der Waals surface area contributed by atoms with Gasteiger partial charge in [-0.25, -0.2) is 0 Å². The fraction of sp³-hybridized carbons (Fsp3) is 0.391. The van der Waals surface area contributed by atoms with Crippen molar-refractivity contribution in [1.29, 1.82) is 0 Å². The summed E-state index contributed by atoms with van der Waals surface area (Å²) in [7, 11) is 4.20. The first kappa shape index (κ1) is 16.0. The molecule has 0 bridgehead atoms. The minimum absolute atomic E-state index is 0.286. The quantitative estimate of drug-likeness (QED) is 0.729. The van der Waals surface area contributed by atoms with Gasteiger partial charge in [0.15, 0.2) is 0 Å². The molecule has 0 saturated heterocycles. The Morgan fingerprint density at radius 3 is 2.46 bits per heavy atom. The van der Waals surface area contributed by atoms with Gasteiger partial charge in [-0.15, -0.1) is 0 Å². The number of nitrogens with two attached hydrogens (primary N) is 1. The van der Waals surface area contributed by atoms with Crippen molar-refractivity contribution in [1.82, 2.24) is 4.98 Å². The molecule has 5 rings (SSSR count). The predicted molar refractivity (Wildman–Crippen MR) is 108 cm³/mol. The molecule has 0 amide bonds. The number of quaternary nitrogens is 1. The first-order chi connectivity index (χ1) is 12.7. The molecule has 0 radical (unpaired) electrons. The van der Waals surface area contributed by atoms with Crippen LogP contribution in [-0.2, 0) is 5.54 Å². The van der Waals surface area contributed by atoms with E-state index in [4.69, 9.17) is 0 Å². The van der Waals surface area contributed by atoms with Crippen molar-refractivity contribution >= 4 is 16.6 Å². The molecule has 1 aromatic heterocycles. The van der Waals surface area contributed by atoms with Crippen LogP contribution in [0.5, 0.6) is 0 Å². The number of hydrogen-bond donors (Lipinski definition) is 2. The van der Waals surface area contributed by atoms with Gasteiger partial charge in [0.2, 0.25) is 0 Å². The maximum absolute atomic E-state index is 3.84. The molecule has 26 heavy (non-hydrogen) atoms. The zero-order chi connectivity index (χ0) is 17.7. The topological polar surface area (TPSA) is 35.6 Å². The number of rotatable bonds is 2. The van der Waals surface area contributed by atoms with E-state index in [0.717, 1.165) is 6.54 Å². The summed E-state index contributed by atoms with van der Waals surface area (Å²) in [5.41, 5.74) is 7.35. The number of nitrogens with zero attached hydrogens (tertiary/aromatic N) is 1. The maximum atomic E-state index is 3.84. The lowest BCUT2D eigenvalue weighted by molar-refractivity contribution is -0.741. The molecule has 1 spiro atoms. The van der Waals surface area contributed by atoms with E-state index in [-0.39, 0.29) is 5.54 Å². The highest BCUT2D eigenvalue weighted by Gasteiger charge is 2.47.